The number of esters is 1. The number of amides is 1. The lowest BCUT2D eigenvalue weighted by Crippen LogP contribution is -2.50. The Labute approximate surface area is 174 Å². The van der Waals surface area contributed by atoms with Crippen LogP contribution in [0, 0.1) is 0 Å². The van der Waals surface area contributed by atoms with Crippen LogP contribution in [-0.2, 0) is 14.3 Å². The summed E-state index contributed by atoms with van der Waals surface area (Å²) in [7, 11) is 0. The van der Waals surface area contributed by atoms with E-state index in [1.54, 1.807) is 23.1 Å². The number of nitrogens with zero attached hydrogens (tertiary/aromatic N) is 2. The highest BCUT2D eigenvalue weighted by molar-refractivity contribution is 6.33. The van der Waals surface area contributed by atoms with Gasteiger partial charge in [0.1, 0.15) is 0 Å². The van der Waals surface area contributed by atoms with Gasteiger partial charge in [-0.2, -0.15) is 0 Å². The zero-order valence-corrected chi connectivity index (χ0v) is 16.7. The fourth-order valence-corrected chi connectivity index (χ4v) is 3.40. The first-order valence-corrected chi connectivity index (χ1v) is 9.67. The average Bonchev–Trinajstić information content (AvgIpc) is 2.72. The van der Waals surface area contributed by atoms with Crippen molar-refractivity contribution in [2.45, 2.75) is 0 Å². The zero-order chi connectivity index (χ0) is 19.9. The first-order valence-electron chi connectivity index (χ1n) is 8.91. The van der Waals surface area contributed by atoms with Crippen LogP contribution in [0.1, 0.15) is 5.56 Å². The van der Waals surface area contributed by atoms with Gasteiger partial charge in [-0.05, 0) is 29.8 Å². The number of anilines is 1. The standard InChI is InChI=1S/C21H20Cl2N2O3/c22-17-6-2-1-5-16(17)9-10-21(27)28-15-20(26)25-13-11-24(12-14-25)19-8-4-3-7-18(19)23/h1-10H,11-15H2/b10-9+. The summed E-state index contributed by atoms with van der Waals surface area (Å²) in [5.41, 5.74) is 1.68. The van der Waals surface area contributed by atoms with Gasteiger partial charge in [0.25, 0.3) is 5.91 Å². The van der Waals surface area contributed by atoms with Crippen molar-refractivity contribution >= 4 is 46.8 Å². The predicted molar refractivity (Wildman–Crippen MR) is 112 cm³/mol. The first kappa shape index (κ1) is 20.2. The number of para-hydroxylation sites is 1. The summed E-state index contributed by atoms with van der Waals surface area (Å²) in [6.07, 6.45) is 2.83. The van der Waals surface area contributed by atoms with Crippen LogP contribution in [0.25, 0.3) is 6.08 Å². The number of rotatable bonds is 5. The predicted octanol–water partition coefficient (Wildman–Crippen LogP) is 3.90. The molecular formula is C21H20Cl2N2O3. The molecule has 1 aliphatic heterocycles. The maximum Gasteiger partial charge on any atom is 0.331 e. The lowest BCUT2D eigenvalue weighted by atomic mass is 10.2. The summed E-state index contributed by atoms with van der Waals surface area (Å²) < 4.78 is 5.05. The Morgan fingerprint density at radius 1 is 0.929 bits per heavy atom. The Bertz CT molecular complexity index is 877. The Morgan fingerprint density at radius 2 is 1.57 bits per heavy atom. The third-order valence-electron chi connectivity index (χ3n) is 4.47. The first-order chi connectivity index (χ1) is 13.5. The Kier molecular flexibility index (Phi) is 6.95. The average molecular weight is 419 g/mol. The van der Waals surface area contributed by atoms with Crippen LogP contribution in [0.4, 0.5) is 5.69 Å². The van der Waals surface area contributed by atoms with E-state index in [9.17, 15) is 9.59 Å². The number of carbonyl (C=O) groups is 2. The number of carbonyl (C=O) groups excluding carboxylic acids is 2. The molecule has 0 aliphatic carbocycles. The second-order valence-electron chi connectivity index (χ2n) is 6.28. The molecule has 7 heteroatoms. The molecule has 1 aliphatic rings. The van der Waals surface area contributed by atoms with Crippen LogP contribution in [0.15, 0.2) is 54.6 Å². The molecule has 1 heterocycles. The smallest absolute Gasteiger partial charge is 0.331 e. The van der Waals surface area contributed by atoms with Crippen LogP contribution in [-0.4, -0.2) is 49.6 Å². The highest BCUT2D eigenvalue weighted by atomic mass is 35.5. The molecule has 0 saturated carbocycles. The van der Waals surface area contributed by atoms with Crippen LogP contribution in [0.3, 0.4) is 0 Å². The van der Waals surface area contributed by atoms with Gasteiger partial charge in [-0.1, -0.05) is 53.5 Å². The Hall–Kier alpha value is -2.50. The highest BCUT2D eigenvalue weighted by Gasteiger charge is 2.22. The molecule has 1 amide bonds. The molecule has 2 aromatic rings. The van der Waals surface area contributed by atoms with Gasteiger partial charge in [0.15, 0.2) is 6.61 Å². The van der Waals surface area contributed by atoms with Crippen LogP contribution in [0.2, 0.25) is 10.0 Å². The summed E-state index contributed by atoms with van der Waals surface area (Å²) in [5.74, 6) is -0.790. The van der Waals surface area contributed by atoms with E-state index in [1.807, 2.05) is 36.4 Å². The monoisotopic (exact) mass is 418 g/mol. The summed E-state index contributed by atoms with van der Waals surface area (Å²) in [6.45, 7) is 2.18. The fourth-order valence-electron chi connectivity index (χ4n) is 2.95. The van der Waals surface area contributed by atoms with Gasteiger partial charge in [0.05, 0.1) is 10.7 Å². The van der Waals surface area contributed by atoms with E-state index >= 15 is 0 Å². The number of hydrogen-bond donors (Lipinski definition) is 0. The summed E-state index contributed by atoms with van der Waals surface area (Å²) >= 11 is 12.3. The SMILES string of the molecule is O=C(/C=C/c1ccccc1Cl)OCC(=O)N1CCN(c2ccccc2Cl)CC1. The van der Waals surface area contributed by atoms with Gasteiger partial charge in [-0.15, -0.1) is 0 Å². The molecule has 3 rings (SSSR count). The third-order valence-corrected chi connectivity index (χ3v) is 5.13. The number of piperazine rings is 1. The minimum atomic E-state index is -0.581. The molecule has 1 saturated heterocycles. The summed E-state index contributed by atoms with van der Waals surface area (Å²) in [6, 6.07) is 14.8. The van der Waals surface area contributed by atoms with Crippen molar-refractivity contribution in [1.82, 2.24) is 4.90 Å². The molecule has 0 atom stereocenters. The number of benzene rings is 2. The van der Waals surface area contributed by atoms with Crippen molar-refractivity contribution in [2.24, 2.45) is 0 Å². The van der Waals surface area contributed by atoms with E-state index < -0.39 is 5.97 Å². The molecule has 0 bridgehead atoms. The number of hydrogen-bond acceptors (Lipinski definition) is 4. The summed E-state index contributed by atoms with van der Waals surface area (Å²) in [4.78, 5) is 28.0. The van der Waals surface area contributed by atoms with Gasteiger partial charge < -0.3 is 14.5 Å². The van der Waals surface area contributed by atoms with E-state index in [-0.39, 0.29) is 12.5 Å². The number of ether oxygens (including phenoxy) is 1. The van der Waals surface area contributed by atoms with Crippen molar-refractivity contribution in [3.05, 3.63) is 70.2 Å². The quantitative estimate of drug-likeness (QED) is 0.545. The topological polar surface area (TPSA) is 49.9 Å². The molecule has 28 heavy (non-hydrogen) atoms. The van der Waals surface area contributed by atoms with Crippen molar-refractivity contribution in [3.63, 3.8) is 0 Å². The molecule has 0 unspecified atom stereocenters. The molecular weight excluding hydrogens is 399 g/mol. The minimum Gasteiger partial charge on any atom is -0.452 e. The van der Waals surface area contributed by atoms with Crippen molar-refractivity contribution < 1.29 is 14.3 Å². The Morgan fingerprint density at radius 3 is 2.25 bits per heavy atom. The van der Waals surface area contributed by atoms with E-state index in [1.165, 1.54) is 6.08 Å². The summed E-state index contributed by atoms with van der Waals surface area (Å²) in [5, 5.41) is 1.24. The van der Waals surface area contributed by atoms with Crippen LogP contribution >= 0.6 is 23.2 Å². The minimum absolute atomic E-state index is 0.210. The molecule has 0 radical (unpaired) electrons. The third kappa shape index (κ3) is 5.27. The molecule has 0 aromatic heterocycles. The van der Waals surface area contributed by atoms with Crippen molar-refractivity contribution in [1.29, 1.82) is 0 Å². The fraction of sp³-hybridized carbons (Fsp3) is 0.238. The van der Waals surface area contributed by atoms with Gasteiger partial charge >= 0.3 is 5.97 Å². The normalized spacial score (nSPS) is 14.4. The van der Waals surface area contributed by atoms with Crippen molar-refractivity contribution in [2.75, 3.05) is 37.7 Å². The van der Waals surface area contributed by atoms with Gasteiger partial charge in [-0.3, -0.25) is 4.79 Å². The van der Waals surface area contributed by atoms with Crippen molar-refractivity contribution in [3.8, 4) is 0 Å². The molecule has 1 fully saturated rings. The molecule has 0 spiro atoms. The van der Waals surface area contributed by atoms with E-state index in [4.69, 9.17) is 27.9 Å². The van der Waals surface area contributed by atoms with E-state index in [2.05, 4.69) is 4.90 Å². The lowest BCUT2D eigenvalue weighted by molar-refractivity contribution is -0.148. The molecule has 5 nitrogen and oxygen atoms in total. The van der Waals surface area contributed by atoms with Gasteiger partial charge in [0, 0.05) is 37.3 Å². The molecule has 0 N–H and O–H groups in total. The van der Waals surface area contributed by atoms with Gasteiger partial charge in [-0.25, -0.2) is 4.79 Å². The van der Waals surface area contributed by atoms with E-state index in [0.29, 0.717) is 41.8 Å². The van der Waals surface area contributed by atoms with Crippen LogP contribution in [0.5, 0.6) is 0 Å². The van der Waals surface area contributed by atoms with E-state index in [0.717, 1.165) is 5.69 Å². The zero-order valence-electron chi connectivity index (χ0n) is 15.2. The second kappa shape index (κ2) is 9.62. The van der Waals surface area contributed by atoms with Gasteiger partial charge in [0.2, 0.25) is 0 Å². The Balaban J connectivity index is 1.45. The second-order valence-corrected chi connectivity index (χ2v) is 7.10. The lowest BCUT2D eigenvalue weighted by Gasteiger charge is -2.36. The maximum absolute atomic E-state index is 12.3. The number of halogens is 2. The highest BCUT2D eigenvalue weighted by Crippen LogP contribution is 2.26. The largest absolute Gasteiger partial charge is 0.452 e. The molecule has 2 aromatic carbocycles. The van der Waals surface area contributed by atoms with Crippen LogP contribution < -0.4 is 4.90 Å². The molecule has 146 valence electrons. The maximum atomic E-state index is 12.3.